The third-order valence-corrected chi connectivity index (χ3v) is 9.71. The summed E-state index contributed by atoms with van der Waals surface area (Å²) in [6.07, 6.45) is -2.19. The molecule has 0 aliphatic heterocycles. The Morgan fingerprint density at radius 3 is 1.71 bits per heavy atom. The van der Waals surface area contributed by atoms with E-state index >= 15 is 0 Å². The van der Waals surface area contributed by atoms with Crippen LogP contribution in [0.3, 0.4) is 0 Å². The number of phosphoric acid groups is 1. The number of hydrogen-bond donors (Lipinski definition) is 6. The number of pyridine rings is 1. The minimum atomic E-state index is -5.05. The average Bonchev–Trinajstić information content (AvgIpc) is 3.14. The van der Waals surface area contributed by atoms with E-state index in [0.717, 1.165) is 22.4 Å². The smallest absolute Gasteiger partial charge is 0.453 e. The van der Waals surface area contributed by atoms with Crippen molar-refractivity contribution in [2.24, 2.45) is 10.8 Å². The van der Waals surface area contributed by atoms with Gasteiger partial charge in [-0.25, -0.2) is 14.2 Å². The molecule has 0 bridgehead atoms. The molecule has 0 saturated carbocycles. The molecule has 3 rings (SSSR count). The van der Waals surface area contributed by atoms with Crippen LogP contribution in [0.4, 0.5) is 9.59 Å². The third-order valence-electron chi connectivity index (χ3n) is 9.14. The Morgan fingerprint density at radius 1 is 0.707 bits per heavy atom. The number of amides is 4. The molecule has 2 aromatic carbocycles. The summed E-state index contributed by atoms with van der Waals surface area (Å²) >= 11 is 0. The second-order valence-corrected chi connectivity index (χ2v) is 17.3. The Morgan fingerprint density at radius 2 is 1.22 bits per heavy atom. The highest BCUT2D eigenvalue weighted by atomic mass is 31.2. The number of nitrogens with one attached hydrogen (secondary N) is 4. The van der Waals surface area contributed by atoms with Gasteiger partial charge in [-0.1, -0.05) is 102 Å². The normalized spacial score (nSPS) is 15.1. The minimum Gasteiger partial charge on any atom is -0.453 e. The van der Waals surface area contributed by atoms with Crippen molar-refractivity contribution >= 4 is 31.8 Å². The van der Waals surface area contributed by atoms with Gasteiger partial charge in [-0.05, 0) is 60.3 Å². The molecule has 6 atom stereocenters. The molecule has 16 nitrogen and oxygen atoms in total. The molecule has 0 aliphatic rings. The highest BCUT2D eigenvalue weighted by Gasteiger charge is 2.39. The lowest BCUT2D eigenvalue weighted by Gasteiger charge is -2.37. The van der Waals surface area contributed by atoms with Crippen LogP contribution in [0.5, 0.6) is 0 Å². The largest absolute Gasteiger partial charge is 0.471 e. The monoisotopic (exact) mass is 827 g/mol. The van der Waals surface area contributed by atoms with Gasteiger partial charge in [0.2, 0.25) is 11.8 Å². The standard InChI is InChI=1S/C41H58N5O11P/c1-26(57-58(51,52)53)56-33(32(24-27-15-11-10-12-16-27)44-37(48)35(41(5,6)7)46-39(50)55-9)25-30(43-36(47)34(40(2,3)4)45-38(49)54-8)23-28-18-20-29(21-19-28)31-17-13-14-22-42-31/h10-22,26,30,32-35H,23-25H2,1-9H3,(H,43,47)(H,44,48)(H,45,49)(H,46,50)(H2,51,52,53)/t26?,30-,32-,33-,34+,35+/m0/s1. The van der Waals surface area contributed by atoms with Gasteiger partial charge in [0.25, 0.3) is 0 Å². The topological polar surface area (TPSA) is 224 Å². The molecule has 1 unspecified atom stereocenters. The van der Waals surface area contributed by atoms with Crippen molar-refractivity contribution in [2.45, 2.75) is 104 Å². The lowest BCUT2D eigenvalue weighted by atomic mass is 9.85. The number of carbonyl (C=O) groups excluding carboxylic acids is 4. The number of nitrogens with zero attached hydrogens (tertiary/aromatic N) is 1. The van der Waals surface area contributed by atoms with Crippen LogP contribution in [0.15, 0.2) is 79.0 Å². The summed E-state index contributed by atoms with van der Waals surface area (Å²) in [6.45, 7) is 12.0. The molecule has 17 heteroatoms. The highest BCUT2D eigenvalue weighted by Crippen LogP contribution is 2.38. The van der Waals surface area contributed by atoms with Crippen molar-refractivity contribution < 1.29 is 52.3 Å². The molecular formula is C41H58N5O11P. The van der Waals surface area contributed by atoms with Crippen LogP contribution in [0, 0.1) is 10.8 Å². The van der Waals surface area contributed by atoms with Gasteiger partial charge >= 0.3 is 20.0 Å². The quantitative estimate of drug-likeness (QED) is 0.0713. The first-order chi connectivity index (χ1) is 27.1. The number of methoxy groups -OCH3 is 2. The molecular weight excluding hydrogens is 769 g/mol. The number of hydrogen-bond acceptors (Lipinski definition) is 10. The van der Waals surface area contributed by atoms with E-state index < -0.39 is 79.2 Å². The van der Waals surface area contributed by atoms with E-state index in [9.17, 15) is 33.5 Å². The van der Waals surface area contributed by atoms with E-state index in [1.807, 2.05) is 72.8 Å². The van der Waals surface area contributed by atoms with Crippen LogP contribution in [0.2, 0.25) is 0 Å². The average molecular weight is 828 g/mol. The third kappa shape index (κ3) is 15.8. The fourth-order valence-corrected chi connectivity index (χ4v) is 6.72. The van der Waals surface area contributed by atoms with E-state index in [2.05, 4.69) is 26.3 Å². The van der Waals surface area contributed by atoms with Gasteiger partial charge in [0, 0.05) is 17.8 Å². The fraction of sp³-hybridized carbons (Fsp3) is 0.488. The summed E-state index contributed by atoms with van der Waals surface area (Å²) in [5.41, 5.74) is 1.64. The number of phosphoric ester groups is 1. The van der Waals surface area contributed by atoms with E-state index in [-0.39, 0.29) is 19.3 Å². The summed E-state index contributed by atoms with van der Waals surface area (Å²) in [4.78, 5) is 76.9. The molecule has 4 amide bonds. The Balaban J connectivity index is 2.15. The molecule has 0 radical (unpaired) electrons. The van der Waals surface area contributed by atoms with Crippen molar-refractivity contribution in [3.63, 3.8) is 0 Å². The summed E-state index contributed by atoms with van der Waals surface area (Å²) in [5, 5.41) is 11.3. The first-order valence-corrected chi connectivity index (χ1v) is 20.4. The number of ether oxygens (including phenoxy) is 3. The van der Waals surface area contributed by atoms with Gasteiger partial charge in [0.1, 0.15) is 12.1 Å². The molecule has 0 saturated heterocycles. The molecule has 318 valence electrons. The Bertz CT molecular complexity index is 1830. The zero-order valence-electron chi connectivity index (χ0n) is 34.6. The maximum absolute atomic E-state index is 14.2. The molecule has 0 fully saturated rings. The van der Waals surface area contributed by atoms with E-state index in [4.69, 9.17) is 18.7 Å². The number of carbonyl (C=O) groups is 4. The first-order valence-electron chi connectivity index (χ1n) is 18.8. The van der Waals surface area contributed by atoms with Gasteiger partial charge in [-0.3, -0.25) is 19.1 Å². The van der Waals surface area contributed by atoms with Gasteiger partial charge in [-0.15, -0.1) is 0 Å². The molecule has 0 aliphatic carbocycles. The molecule has 6 N–H and O–H groups in total. The fourth-order valence-electron chi connectivity index (χ4n) is 6.28. The molecule has 1 aromatic heterocycles. The van der Waals surface area contributed by atoms with Gasteiger partial charge in [-0.2, -0.15) is 0 Å². The van der Waals surface area contributed by atoms with Crippen molar-refractivity contribution in [2.75, 3.05) is 14.2 Å². The van der Waals surface area contributed by atoms with Crippen LogP contribution in [-0.2, 0) is 45.7 Å². The van der Waals surface area contributed by atoms with Crippen molar-refractivity contribution in [3.8, 4) is 11.3 Å². The molecule has 0 spiro atoms. The van der Waals surface area contributed by atoms with E-state index in [0.29, 0.717) is 0 Å². The van der Waals surface area contributed by atoms with Crippen LogP contribution in [0.25, 0.3) is 11.3 Å². The predicted octanol–water partition coefficient (Wildman–Crippen LogP) is 5.28. The first kappa shape index (κ1) is 47.5. The second-order valence-electron chi connectivity index (χ2n) is 16.1. The second kappa shape index (κ2) is 21.2. The Hall–Kier alpha value is -4.86. The molecule has 3 aromatic rings. The van der Waals surface area contributed by atoms with Gasteiger partial charge < -0.3 is 45.3 Å². The zero-order chi connectivity index (χ0) is 43.3. The van der Waals surface area contributed by atoms with Gasteiger partial charge in [0.05, 0.1) is 32.1 Å². The maximum atomic E-state index is 14.2. The number of alkyl carbamates (subject to hydrolysis) is 2. The molecule has 58 heavy (non-hydrogen) atoms. The predicted molar refractivity (Wildman–Crippen MR) is 217 cm³/mol. The minimum absolute atomic E-state index is 0.0416. The maximum Gasteiger partial charge on any atom is 0.471 e. The summed E-state index contributed by atoms with van der Waals surface area (Å²) in [5.74, 6) is -1.12. The van der Waals surface area contributed by atoms with Crippen molar-refractivity contribution in [1.82, 2.24) is 26.3 Å². The van der Waals surface area contributed by atoms with Crippen LogP contribution in [0.1, 0.15) is 66.0 Å². The number of aromatic nitrogens is 1. The van der Waals surface area contributed by atoms with Crippen LogP contribution < -0.4 is 21.3 Å². The Kier molecular flexibility index (Phi) is 17.4. The summed E-state index contributed by atoms with van der Waals surface area (Å²) in [6, 6.07) is 18.5. The van der Waals surface area contributed by atoms with E-state index in [1.165, 1.54) is 21.1 Å². The van der Waals surface area contributed by atoms with Crippen molar-refractivity contribution in [1.29, 1.82) is 0 Å². The number of rotatable bonds is 18. The summed E-state index contributed by atoms with van der Waals surface area (Å²) in [7, 11) is -2.67. The van der Waals surface area contributed by atoms with Crippen molar-refractivity contribution in [3.05, 3.63) is 90.1 Å². The zero-order valence-corrected chi connectivity index (χ0v) is 35.4. The van der Waals surface area contributed by atoms with Gasteiger partial charge in [0.15, 0.2) is 6.29 Å². The lowest BCUT2D eigenvalue weighted by Crippen LogP contribution is -2.59. The Labute approximate surface area is 340 Å². The lowest BCUT2D eigenvalue weighted by molar-refractivity contribution is -0.141. The SMILES string of the molecule is COC(=O)N[C@H](C(=O)N[C@@H](Cc1ccc(-c2ccccn2)cc1)C[C@H](OC(C)OP(=O)(O)O)[C@H](Cc1ccccc1)NC(=O)[C@@H](NC(=O)OC)C(C)(C)C)C(C)(C)C. The number of benzene rings is 2. The molecule has 1 heterocycles. The highest BCUT2D eigenvalue weighted by molar-refractivity contribution is 7.46. The van der Waals surface area contributed by atoms with Crippen LogP contribution in [-0.4, -0.2) is 89.6 Å². The van der Waals surface area contributed by atoms with E-state index in [1.54, 1.807) is 47.7 Å². The summed E-state index contributed by atoms with van der Waals surface area (Å²) < 4.78 is 32.8. The van der Waals surface area contributed by atoms with Crippen LogP contribution >= 0.6 is 7.82 Å².